The highest BCUT2D eigenvalue weighted by Crippen LogP contribution is 2.78. The predicted octanol–water partition coefficient (Wildman–Crippen LogP) is 7.99. The molecule has 0 saturated heterocycles. The monoisotopic (exact) mass is 732 g/mol. The van der Waals surface area contributed by atoms with Crippen LogP contribution < -0.4 is 5.32 Å². The molecule has 0 aromatic heterocycles. The molecule has 0 aliphatic heterocycles. The summed E-state index contributed by atoms with van der Waals surface area (Å²) in [7, 11) is 1.65. The Bertz CT molecular complexity index is 1750. The Kier molecular flexibility index (Phi) is 9.80. The van der Waals surface area contributed by atoms with Crippen LogP contribution in [0.3, 0.4) is 0 Å². The highest BCUT2D eigenvalue weighted by atomic mass is 35.5. The summed E-state index contributed by atoms with van der Waals surface area (Å²) in [5.41, 5.74) is -1.34. The van der Waals surface area contributed by atoms with Crippen molar-refractivity contribution in [1.82, 2.24) is 10.2 Å². The van der Waals surface area contributed by atoms with Crippen LogP contribution in [-0.4, -0.2) is 65.4 Å². The summed E-state index contributed by atoms with van der Waals surface area (Å²) in [5, 5.41) is 27.4. The van der Waals surface area contributed by atoms with E-state index in [9.17, 15) is 19.8 Å². The van der Waals surface area contributed by atoms with Crippen molar-refractivity contribution in [1.29, 1.82) is 0 Å². The lowest BCUT2D eigenvalue weighted by molar-refractivity contribution is -0.177. The molecule has 2 aromatic carbocycles. The molecule has 2 amide bonds. The number of rotatable bonds is 11. The van der Waals surface area contributed by atoms with Crippen LogP contribution in [0, 0.1) is 39.3 Å². The summed E-state index contributed by atoms with van der Waals surface area (Å²) in [6, 6.07) is 13.9. The molecule has 0 heterocycles. The Balaban J connectivity index is 1.25. The second kappa shape index (κ2) is 13.7. The molecule has 6 aliphatic rings. The van der Waals surface area contributed by atoms with Crippen LogP contribution in [0.25, 0.3) is 0 Å². The van der Waals surface area contributed by atoms with Crippen molar-refractivity contribution < 1.29 is 28.9 Å². The van der Waals surface area contributed by atoms with Crippen molar-refractivity contribution in [2.75, 3.05) is 26.8 Å². The Hall–Kier alpha value is -3.04. The molecule has 3 N–H and O–H groups in total. The van der Waals surface area contributed by atoms with Gasteiger partial charge in [0.15, 0.2) is 5.78 Å². The average molecular weight is 733 g/mol. The molecule has 9 atom stereocenters. The van der Waals surface area contributed by atoms with Crippen LogP contribution >= 0.6 is 11.6 Å². The summed E-state index contributed by atoms with van der Waals surface area (Å²) < 4.78 is 20.5. The highest BCUT2D eigenvalue weighted by molar-refractivity contribution is 6.31. The third-order valence-corrected chi connectivity index (χ3v) is 14.9. The lowest BCUT2D eigenvalue weighted by Gasteiger charge is -2.71. The number of hydrogen-bond acceptors (Lipinski definition) is 5. The Morgan fingerprint density at radius 2 is 1.73 bits per heavy atom. The Labute approximate surface area is 312 Å². The van der Waals surface area contributed by atoms with Gasteiger partial charge >= 0.3 is 6.03 Å². The van der Waals surface area contributed by atoms with Gasteiger partial charge in [-0.25, -0.2) is 9.18 Å². The lowest BCUT2D eigenvalue weighted by atomic mass is 9.32. The minimum atomic E-state index is -1.22. The molecule has 9 heteroatoms. The fourth-order valence-corrected chi connectivity index (χ4v) is 11.9. The number of fused-ring (bicyclic) bond motifs is 1. The molecule has 0 radical (unpaired) electrons. The number of hydrogen-bond donors (Lipinski definition) is 3. The molecule has 3 saturated carbocycles. The van der Waals surface area contributed by atoms with Gasteiger partial charge in [-0.2, -0.15) is 0 Å². The zero-order valence-electron chi connectivity index (χ0n) is 31.0. The Morgan fingerprint density at radius 3 is 2.46 bits per heavy atom. The summed E-state index contributed by atoms with van der Waals surface area (Å²) in [5.74, 6) is -0.649. The molecular weight excluding hydrogens is 679 g/mol. The number of benzene rings is 2. The van der Waals surface area contributed by atoms with Gasteiger partial charge in [0.1, 0.15) is 5.82 Å². The predicted molar refractivity (Wildman–Crippen MR) is 200 cm³/mol. The second-order valence-corrected chi connectivity index (χ2v) is 17.4. The third kappa shape index (κ3) is 5.70. The number of methoxy groups -OCH3 is 1. The van der Waals surface area contributed by atoms with Crippen molar-refractivity contribution >= 4 is 23.4 Å². The Morgan fingerprint density at radius 1 is 1.02 bits per heavy atom. The molecule has 7 nitrogen and oxygen atoms in total. The standard InChI is InChI=1S/C43H54ClFN2O5/c1-28(29-10-6-5-7-11-29)46-38(50)47(22-9-23-52-4)27-42(51)19-16-37-40(42,3)18-15-36-39(2)17-14-30(48)25-41(39)20-21-43(36,37)32(26-41)35(49)24-31-33(44)12-8-13-34(31)45/h5-8,10-13,20-21,26,28,30,36-37,48,51H,9,14-19,22-25,27H2,1-4H3,(H,46,50). The van der Waals surface area contributed by atoms with E-state index in [0.717, 1.165) is 24.8 Å². The number of urea groups is 1. The summed E-state index contributed by atoms with van der Waals surface area (Å²) >= 11 is 6.48. The molecule has 6 aliphatic carbocycles. The van der Waals surface area contributed by atoms with Crippen molar-refractivity contribution in [3.05, 3.63) is 94.3 Å². The van der Waals surface area contributed by atoms with Gasteiger partial charge < -0.3 is 25.2 Å². The number of carbonyl (C=O) groups excluding carboxylic acids is 2. The molecule has 3 fully saturated rings. The van der Waals surface area contributed by atoms with Gasteiger partial charge in [-0.1, -0.05) is 80.1 Å². The first-order chi connectivity index (χ1) is 24.7. The second-order valence-electron chi connectivity index (χ2n) is 17.0. The summed E-state index contributed by atoms with van der Waals surface area (Å²) in [6.45, 7) is 7.54. The van der Waals surface area contributed by atoms with Crippen molar-refractivity contribution in [3.8, 4) is 0 Å². The number of amides is 2. The van der Waals surface area contributed by atoms with Crippen molar-refractivity contribution in [2.24, 2.45) is 33.5 Å². The number of aliphatic hydroxyl groups excluding tert-OH is 1. The fraction of sp³-hybridized carbons (Fsp3) is 0.581. The van der Waals surface area contributed by atoms with Crippen LogP contribution in [0.15, 0.2) is 72.3 Å². The van der Waals surface area contributed by atoms with E-state index < -0.39 is 33.8 Å². The minimum absolute atomic E-state index is 0.0969. The summed E-state index contributed by atoms with van der Waals surface area (Å²) in [4.78, 5) is 30.5. The maximum atomic E-state index is 15.1. The molecule has 280 valence electrons. The number of ether oxygens (including phenoxy) is 1. The molecule has 8 rings (SSSR count). The van der Waals surface area contributed by atoms with Crippen LogP contribution in [0.2, 0.25) is 5.02 Å². The van der Waals surface area contributed by atoms with Gasteiger partial charge in [-0.3, -0.25) is 4.79 Å². The van der Waals surface area contributed by atoms with E-state index in [1.165, 1.54) is 6.07 Å². The van der Waals surface area contributed by atoms with E-state index in [4.69, 9.17) is 16.3 Å². The van der Waals surface area contributed by atoms with E-state index in [2.05, 4.69) is 37.4 Å². The maximum absolute atomic E-state index is 15.1. The zero-order valence-corrected chi connectivity index (χ0v) is 31.7. The molecule has 2 bridgehead atoms. The number of nitrogens with one attached hydrogen (secondary N) is 1. The molecular formula is C43H54ClFN2O5. The van der Waals surface area contributed by atoms with Crippen LogP contribution in [0.1, 0.15) is 89.3 Å². The molecule has 52 heavy (non-hydrogen) atoms. The number of carbonyl (C=O) groups is 2. The topological polar surface area (TPSA) is 99.1 Å². The van der Waals surface area contributed by atoms with Gasteiger partial charge in [0.2, 0.25) is 0 Å². The number of aliphatic hydroxyl groups is 2. The SMILES string of the molecule is COCCCN(CC1(O)CCC2C34C=CC5(C=C3C(=O)Cc3c(F)cccc3Cl)CC(O)CCC5(C)C4CCC21C)C(=O)NC(C)c1ccccc1. The van der Waals surface area contributed by atoms with Crippen LogP contribution in [-0.2, 0) is 16.0 Å². The van der Waals surface area contributed by atoms with Gasteiger partial charge in [0, 0.05) is 59.1 Å². The first-order valence-corrected chi connectivity index (χ1v) is 19.5. The zero-order chi connectivity index (χ0) is 37.1. The smallest absolute Gasteiger partial charge is 0.317 e. The first-order valence-electron chi connectivity index (χ1n) is 19.1. The van der Waals surface area contributed by atoms with Crippen LogP contribution in [0.4, 0.5) is 9.18 Å². The normalized spacial score (nSPS) is 36.3. The van der Waals surface area contributed by atoms with E-state index in [1.54, 1.807) is 24.1 Å². The van der Waals surface area contributed by atoms with Crippen molar-refractivity contribution in [2.45, 2.75) is 96.3 Å². The summed E-state index contributed by atoms with van der Waals surface area (Å²) in [6.07, 6.45) is 11.4. The van der Waals surface area contributed by atoms with Gasteiger partial charge in [0.25, 0.3) is 0 Å². The quantitative estimate of drug-likeness (QED) is 0.161. The van der Waals surface area contributed by atoms with Gasteiger partial charge in [-0.05, 0) is 93.2 Å². The van der Waals surface area contributed by atoms with Crippen LogP contribution in [0.5, 0.6) is 0 Å². The third-order valence-electron chi connectivity index (χ3n) is 14.6. The highest BCUT2D eigenvalue weighted by Gasteiger charge is 2.74. The number of halogens is 2. The van der Waals surface area contributed by atoms with Crippen molar-refractivity contribution in [3.63, 3.8) is 0 Å². The lowest BCUT2D eigenvalue weighted by Crippen LogP contribution is -2.67. The number of ketones is 1. The molecule has 9 unspecified atom stereocenters. The maximum Gasteiger partial charge on any atom is 0.317 e. The first kappa shape index (κ1) is 37.3. The average Bonchev–Trinajstić information content (AvgIpc) is 3.39. The van der Waals surface area contributed by atoms with E-state index >= 15 is 4.39 Å². The van der Waals surface area contributed by atoms with E-state index in [0.29, 0.717) is 50.8 Å². The number of nitrogens with zero attached hydrogens (tertiary/aromatic N) is 1. The molecule has 2 spiro atoms. The van der Waals surface area contributed by atoms with Gasteiger partial charge in [-0.15, -0.1) is 0 Å². The largest absolute Gasteiger partial charge is 0.393 e. The fourth-order valence-electron chi connectivity index (χ4n) is 11.7. The van der Waals surface area contributed by atoms with E-state index in [-0.39, 0.29) is 58.7 Å². The molecule has 2 aromatic rings. The minimum Gasteiger partial charge on any atom is -0.393 e. The van der Waals surface area contributed by atoms with Gasteiger partial charge in [0.05, 0.1) is 24.3 Å². The van der Waals surface area contributed by atoms with E-state index in [1.807, 2.05) is 37.3 Å². The number of Topliss-reactive ketones (excluding diaryl/α,β-unsaturated/α-hetero) is 1. The number of allylic oxidation sites excluding steroid dienone is 4.